The second-order valence-corrected chi connectivity index (χ2v) is 2.73. The largest absolute Gasteiger partial charge is 0.364 e. The zero-order valence-corrected chi connectivity index (χ0v) is 7.69. The van der Waals surface area contributed by atoms with Crippen molar-refractivity contribution in [2.24, 2.45) is 5.10 Å². The Labute approximate surface area is 77.2 Å². The summed E-state index contributed by atoms with van der Waals surface area (Å²) in [5.74, 6) is 0. The molecule has 64 valence electrons. The Kier molecular flexibility index (Phi) is 3.47. The number of nitrogens with one attached hydrogen (secondary N) is 2. The van der Waals surface area contributed by atoms with E-state index < -0.39 is 0 Å². The molecule has 0 heterocycles. The number of hydrazone groups is 1. The van der Waals surface area contributed by atoms with Crippen molar-refractivity contribution in [1.29, 1.82) is 0 Å². The van der Waals surface area contributed by atoms with Gasteiger partial charge in [0.25, 0.3) is 0 Å². The number of thiocarbonyl (C=S) groups is 1. The van der Waals surface area contributed by atoms with E-state index in [1.54, 1.807) is 13.3 Å². The second-order valence-electron chi connectivity index (χ2n) is 2.32. The third kappa shape index (κ3) is 2.84. The Morgan fingerprint density at radius 3 is 3.17 bits per heavy atom. The summed E-state index contributed by atoms with van der Waals surface area (Å²) < 4.78 is 0. The molecule has 0 amide bonds. The van der Waals surface area contributed by atoms with Gasteiger partial charge in [-0.05, 0) is 24.2 Å². The van der Waals surface area contributed by atoms with Crippen molar-refractivity contribution in [2.45, 2.75) is 6.42 Å². The summed E-state index contributed by atoms with van der Waals surface area (Å²) >= 11 is 4.82. The van der Waals surface area contributed by atoms with Gasteiger partial charge >= 0.3 is 0 Å². The maximum Gasteiger partial charge on any atom is 0.186 e. The van der Waals surface area contributed by atoms with E-state index in [1.165, 1.54) is 5.57 Å². The predicted octanol–water partition coefficient (Wildman–Crippen LogP) is 0.952. The van der Waals surface area contributed by atoms with Gasteiger partial charge in [0.15, 0.2) is 5.11 Å². The lowest BCUT2D eigenvalue weighted by Crippen LogP contribution is -2.28. The van der Waals surface area contributed by atoms with E-state index in [0.717, 1.165) is 6.42 Å². The molecule has 3 nitrogen and oxygen atoms in total. The Bertz CT molecular complexity index is 253. The number of allylic oxidation sites excluding steroid dienone is 4. The van der Waals surface area contributed by atoms with Crippen molar-refractivity contribution in [3.05, 3.63) is 23.8 Å². The highest BCUT2D eigenvalue weighted by atomic mass is 32.1. The summed E-state index contributed by atoms with van der Waals surface area (Å²) in [6.45, 7) is 0. The van der Waals surface area contributed by atoms with E-state index in [4.69, 9.17) is 12.2 Å². The summed E-state index contributed by atoms with van der Waals surface area (Å²) in [5, 5.41) is 7.22. The summed E-state index contributed by atoms with van der Waals surface area (Å²) in [6, 6.07) is 0. The lowest BCUT2D eigenvalue weighted by atomic mass is 10.3. The minimum atomic E-state index is 0.526. The molecule has 0 saturated heterocycles. The van der Waals surface area contributed by atoms with Crippen molar-refractivity contribution in [1.82, 2.24) is 10.7 Å². The predicted molar refractivity (Wildman–Crippen MR) is 55.1 cm³/mol. The summed E-state index contributed by atoms with van der Waals surface area (Å²) in [5.41, 5.74) is 3.86. The number of nitrogens with zero attached hydrogens (tertiary/aromatic N) is 1. The van der Waals surface area contributed by atoms with Crippen LogP contribution in [0.5, 0.6) is 0 Å². The third-order valence-electron chi connectivity index (χ3n) is 1.42. The number of rotatable bonds is 2. The highest BCUT2D eigenvalue weighted by Crippen LogP contribution is 2.06. The van der Waals surface area contributed by atoms with Crippen LogP contribution in [0.25, 0.3) is 0 Å². The highest BCUT2D eigenvalue weighted by molar-refractivity contribution is 7.80. The molecule has 1 rings (SSSR count). The van der Waals surface area contributed by atoms with E-state index in [1.807, 2.05) is 12.2 Å². The van der Waals surface area contributed by atoms with Crippen LogP contribution in [0.1, 0.15) is 6.42 Å². The minimum absolute atomic E-state index is 0.526. The first kappa shape index (κ1) is 8.93. The Balaban J connectivity index is 2.27. The van der Waals surface area contributed by atoms with Gasteiger partial charge in [0, 0.05) is 7.05 Å². The van der Waals surface area contributed by atoms with Crippen LogP contribution in [0.2, 0.25) is 0 Å². The zero-order valence-electron chi connectivity index (χ0n) is 6.87. The van der Waals surface area contributed by atoms with E-state index in [-0.39, 0.29) is 0 Å². The molecule has 0 aromatic carbocycles. The summed E-state index contributed by atoms with van der Waals surface area (Å²) in [7, 11) is 1.75. The van der Waals surface area contributed by atoms with E-state index in [9.17, 15) is 0 Å². The average Bonchev–Trinajstić information content (AvgIpc) is 2.57. The molecular formula is C8H11N3S. The molecular weight excluding hydrogens is 170 g/mol. The molecule has 0 saturated carbocycles. The lowest BCUT2D eigenvalue weighted by molar-refractivity contribution is 0.980. The molecule has 0 aromatic heterocycles. The van der Waals surface area contributed by atoms with Crippen molar-refractivity contribution >= 4 is 23.5 Å². The third-order valence-corrected chi connectivity index (χ3v) is 1.72. The van der Waals surface area contributed by atoms with Crippen LogP contribution in [0.4, 0.5) is 0 Å². The molecule has 1 aliphatic carbocycles. The van der Waals surface area contributed by atoms with Crippen LogP contribution in [0, 0.1) is 0 Å². The van der Waals surface area contributed by atoms with Gasteiger partial charge in [0.2, 0.25) is 0 Å². The lowest BCUT2D eigenvalue weighted by Gasteiger charge is -1.99. The normalized spacial score (nSPS) is 14.9. The first-order chi connectivity index (χ1) is 5.83. The Morgan fingerprint density at radius 1 is 1.75 bits per heavy atom. The van der Waals surface area contributed by atoms with Crippen molar-refractivity contribution < 1.29 is 0 Å². The molecule has 0 aliphatic heterocycles. The maximum atomic E-state index is 4.82. The van der Waals surface area contributed by atoms with Crippen molar-refractivity contribution in [3.8, 4) is 0 Å². The molecule has 0 bridgehead atoms. The number of hydrogen-bond donors (Lipinski definition) is 2. The fourth-order valence-electron chi connectivity index (χ4n) is 0.789. The van der Waals surface area contributed by atoms with Gasteiger partial charge in [-0.25, -0.2) is 0 Å². The van der Waals surface area contributed by atoms with Crippen LogP contribution in [-0.4, -0.2) is 18.4 Å². The first-order valence-corrected chi connectivity index (χ1v) is 4.10. The molecule has 0 fully saturated rings. The SMILES string of the molecule is CNC(=S)N/N=C/C1=CC=CC1. The van der Waals surface area contributed by atoms with Gasteiger partial charge in [-0.2, -0.15) is 5.10 Å². The maximum absolute atomic E-state index is 4.82. The first-order valence-electron chi connectivity index (χ1n) is 3.69. The molecule has 0 aromatic rings. The zero-order chi connectivity index (χ0) is 8.81. The quantitative estimate of drug-likeness (QED) is 0.378. The number of hydrogen-bond acceptors (Lipinski definition) is 2. The molecule has 0 spiro atoms. The van der Waals surface area contributed by atoms with E-state index >= 15 is 0 Å². The fraction of sp³-hybridized carbons (Fsp3) is 0.250. The molecule has 1 aliphatic rings. The Hall–Kier alpha value is -1.16. The monoisotopic (exact) mass is 181 g/mol. The van der Waals surface area contributed by atoms with Crippen LogP contribution >= 0.6 is 12.2 Å². The van der Waals surface area contributed by atoms with Crippen LogP contribution in [0.3, 0.4) is 0 Å². The van der Waals surface area contributed by atoms with Gasteiger partial charge in [0.05, 0.1) is 6.21 Å². The Morgan fingerprint density at radius 2 is 2.58 bits per heavy atom. The molecule has 2 N–H and O–H groups in total. The van der Waals surface area contributed by atoms with Crippen molar-refractivity contribution in [3.63, 3.8) is 0 Å². The summed E-state index contributed by atoms with van der Waals surface area (Å²) in [4.78, 5) is 0. The van der Waals surface area contributed by atoms with Crippen molar-refractivity contribution in [2.75, 3.05) is 7.05 Å². The average molecular weight is 181 g/mol. The van der Waals surface area contributed by atoms with Gasteiger partial charge in [0.1, 0.15) is 0 Å². The van der Waals surface area contributed by atoms with Crippen LogP contribution in [0.15, 0.2) is 28.9 Å². The van der Waals surface area contributed by atoms with E-state index in [0.29, 0.717) is 5.11 Å². The minimum Gasteiger partial charge on any atom is -0.364 e. The van der Waals surface area contributed by atoms with Crippen LogP contribution < -0.4 is 10.7 Å². The molecule has 0 unspecified atom stereocenters. The van der Waals surface area contributed by atoms with E-state index in [2.05, 4.69) is 21.9 Å². The van der Waals surface area contributed by atoms with Crippen LogP contribution in [-0.2, 0) is 0 Å². The standard InChI is InChI=1S/C8H11N3S/c1-9-8(12)11-10-6-7-4-2-3-5-7/h2-4,6H,5H2,1H3,(H2,9,11,12)/b10-6+. The topological polar surface area (TPSA) is 36.4 Å². The second kappa shape index (κ2) is 4.66. The van der Waals surface area contributed by atoms with Gasteiger partial charge < -0.3 is 5.32 Å². The highest BCUT2D eigenvalue weighted by Gasteiger charge is 1.93. The molecule has 0 radical (unpaired) electrons. The van der Waals surface area contributed by atoms with Gasteiger partial charge in [-0.3, -0.25) is 5.43 Å². The molecule has 4 heteroatoms. The molecule has 0 atom stereocenters. The fourth-order valence-corrected chi connectivity index (χ4v) is 0.842. The summed E-state index contributed by atoms with van der Waals surface area (Å²) in [6.07, 6.45) is 8.84. The van der Waals surface area contributed by atoms with Gasteiger partial charge in [-0.1, -0.05) is 18.2 Å². The smallest absolute Gasteiger partial charge is 0.186 e. The van der Waals surface area contributed by atoms with Gasteiger partial charge in [-0.15, -0.1) is 0 Å². The molecule has 12 heavy (non-hydrogen) atoms.